The highest BCUT2D eigenvalue weighted by Gasteiger charge is 2.21. The summed E-state index contributed by atoms with van der Waals surface area (Å²) in [5.74, 6) is 0. The van der Waals surface area contributed by atoms with Crippen molar-refractivity contribution in [3.8, 4) is 0 Å². The highest BCUT2D eigenvalue weighted by Crippen LogP contribution is 2.20. The van der Waals surface area contributed by atoms with Gasteiger partial charge in [0.2, 0.25) is 0 Å². The quantitative estimate of drug-likeness (QED) is 0.594. The minimum absolute atomic E-state index is 0.145. The second-order valence-corrected chi connectivity index (χ2v) is 3.57. The molecular formula is C8H16NO. The fraction of sp³-hybridized carbons (Fsp3) is 0.875. The van der Waals surface area contributed by atoms with E-state index >= 15 is 0 Å². The average Bonchev–Trinajstić information content (AvgIpc) is 1.80. The molecular weight excluding hydrogens is 126 g/mol. The first-order valence-corrected chi connectivity index (χ1v) is 3.65. The highest BCUT2D eigenvalue weighted by molar-refractivity contribution is 5.47. The van der Waals surface area contributed by atoms with Crippen LogP contribution >= 0.6 is 0 Å². The molecule has 0 fully saturated rings. The third kappa shape index (κ3) is 2.85. The zero-order chi connectivity index (χ0) is 8.20. The lowest BCUT2D eigenvalue weighted by molar-refractivity contribution is 0.286. The minimum Gasteiger partial charge on any atom is -0.345 e. The van der Waals surface area contributed by atoms with Crippen LogP contribution in [0.1, 0.15) is 34.1 Å². The predicted octanol–water partition coefficient (Wildman–Crippen LogP) is 1.47. The monoisotopic (exact) mass is 142 g/mol. The second kappa shape index (κ2) is 3.59. The van der Waals surface area contributed by atoms with E-state index in [9.17, 15) is 4.79 Å². The van der Waals surface area contributed by atoms with Crippen LogP contribution in [0.3, 0.4) is 0 Å². The van der Waals surface area contributed by atoms with Crippen molar-refractivity contribution >= 4 is 6.41 Å². The maximum absolute atomic E-state index is 9.98. The molecule has 0 aromatic heterocycles. The number of amides is 1. The van der Waals surface area contributed by atoms with Crippen molar-refractivity contribution < 1.29 is 4.79 Å². The Kier molecular flexibility index (Phi) is 3.40. The molecule has 0 saturated heterocycles. The van der Waals surface area contributed by atoms with Gasteiger partial charge in [0, 0.05) is 6.04 Å². The van der Waals surface area contributed by atoms with Crippen LogP contribution in [-0.4, -0.2) is 12.5 Å². The SMILES string of the molecule is CCC(N[C]=O)C(C)(C)C. The van der Waals surface area contributed by atoms with Crippen molar-refractivity contribution in [1.82, 2.24) is 5.32 Å². The molecule has 2 heteroatoms. The van der Waals surface area contributed by atoms with Crippen molar-refractivity contribution in [2.45, 2.75) is 40.2 Å². The molecule has 0 bridgehead atoms. The summed E-state index contributed by atoms with van der Waals surface area (Å²) < 4.78 is 0. The van der Waals surface area contributed by atoms with Gasteiger partial charge in [0.25, 0.3) is 0 Å². The van der Waals surface area contributed by atoms with Gasteiger partial charge < -0.3 is 5.32 Å². The molecule has 0 spiro atoms. The third-order valence-corrected chi connectivity index (χ3v) is 1.69. The molecule has 0 aromatic rings. The predicted molar refractivity (Wildman–Crippen MR) is 42.4 cm³/mol. The zero-order valence-electron chi connectivity index (χ0n) is 7.19. The number of carbonyl (C=O) groups excluding carboxylic acids is 1. The maximum atomic E-state index is 9.98. The van der Waals surface area contributed by atoms with Gasteiger partial charge in [-0.2, -0.15) is 0 Å². The van der Waals surface area contributed by atoms with Gasteiger partial charge in [0.05, 0.1) is 0 Å². The number of nitrogens with one attached hydrogen (secondary N) is 1. The van der Waals surface area contributed by atoms with Crippen LogP contribution in [0.2, 0.25) is 0 Å². The Morgan fingerprint density at radius 3 is 2.10 bits per heavy atom. The third-order valence-electron chi connectivity index (χ3n) is 1.69. The van der Waals surface area contributed by atoms with Crippen LogP contribution in [0, 0.1) is 5.41 Å². The van der Waals surface area contributed by atoms with Crippen molar-refractivity contribution in [1.29, 1.82) is 0 Å². The molecule has 1 amide bonds. The van der Waals surface area contributed by atoms with Crippen molar-refractivity contribution in [2.24, 2.45) is 5.41 Å². The summed E-state index contributed by atoms with van der Waals surface area (Å²) in [5, 5.41) is 2.67. The van der Waals surface area contributed by atoms with Gasteiger partial charge in [0.1, 0.15) is 0 Å². The summed E-state index contributed by atoms with van der Waals surface area (Å²) >= 11 is 0. The summed E-state index contributed by atoms with van der Waals surface area (Å²) in [6.45, 7) is 8.36. The average molecular weight is 142 g/mol. The van der Waals surface area contributed by atoms with Crippen LogP contribution in [0.15, 0.2) is 0 Å². The fourth-order valence-corrected chi connectivity index (χ4v) is 1.00. The summed E-state index contributed by atoms with van der Waals surface area (Å²) in [7, 11) is 0. The Bertz CT molecular complexity index is 104. The summed E-state index contributed by atoms with van der Waals surface area (Å²) in [6.07, 6.45) is 2.68. The second-order valence-electron chi connectivity index (χ2n) is 3.57. The van der Waals surface area contributed by atoms with E-state index in [-0.39, 0.29) is 11.5 Å². The van der Waals surface area contributed by atoms with Crippen molar-refractivity contribution in [2.75, 3.05) is 0 Å². The van der Waals surface area contributed by atoms with E-state index in [2.05, 4.69) is 33.0 Å². The summed E-state index contributed by atoms with van der Waals surface area (Å²) in [5.41, 5.74) is 0.145. The van der Waals surface area contributed by atoms with Gasteiger partial charge in [-0.05, 0) is 11.8 Å². The Hall–Kier alpha value is -0.530. The fourth-order valence-electron chi connectivity index (χ4n) is 1.00. The molecule has 59 valence electrons. The Morgan fingerprint density at radius 2 is 2.00 bits per heavy atom. The lowest BCUT2D eigenvalue weighted by Crippen LogP contribution is -2.38. The van der Waals surface area contributed by atoms with Crippen LogP contribution < -0.4 is 5.32 Å². The molecule has 0 saturated carbocycles. The standard InChI is InChI=1S/C8H16NO/c1-5-7(9-6-10)8(2,3)4/h7H,5H2,1-4H3,(H,9,10). The van der Waals surface area contributed by atoms with Gasteiger partial charge in [-0.1, -0.05) is 27.7 Å². The number of rotatable bonds is 3. The molecule has 0 heterocycles. The van der Waals surface area contributed by atoms with Gasteiger partial charge in [0.15, 0.2) is 0 Å². The van der Waals surface area contributed by atoms with Gasteiger partial charge in [-0.25, -0.2) is 0 Å². The van der Waals surface area contributed by atoms with E-state index in [0.717, 1.165) is 6.42 Å². The molecule has 2 nitrogen and oxygen atoms in total. The van der Waals surface area contributed by atoms with E-state index in [4.69, 9.17) is 0 Å². The van der Waals surface area contributed by atoms with E-state index < -0.39 is 0 Å². The molecule has 0 aliphatic carbocycles. The molecule has 0 aliphatic rings. The number of hydrogen-bond acceptors (Lipinski definition) is 1. The lowest BCUT2D eigenvalue weighted by atomic mass is 9.85. The highest BCUT2D eigenvalue weighted by atomic mass is 16.1. The normalized spacial score (nSPS) is 14.4. The Balaban J connectivity index is 3.92. The zero-order valence-corrected chi connectivity index (χ0v) is 7.19. The van der Waals surface area contributed by atoms with Gasteiger partial charge >= 0.3 is 6.41 Å². The van der Waals surface area contributed by atoms with Gasteiger partial charge in [-0.15, -0.1) is 0 Å². The van der Waals surface area contributed by atoms with Crippen LogP contribution in [0.4, 0.5) is 0 Å². The summed E-state index contributed by atoms with van der Waals surface area (Å²) in [6, 6.07) is 0.241. The van der Waals surface area contributed by atoms with Gasteiger partial charge in [-0.3, -0.25) is 4.79 Å². The van der Waals surface area contributed by atoms with Crippen molar-refractivity contribution in [3.63, 3.8) is 0 Å². The van der Waals surface area contributed by atoms with Crippen LogP contribution in [-0.2, 0) is 4.79 Å². The minimum atomic E-state index is 0.145. The smallest absolute Gasteiger partial charge is 0.309 e. The van der Waals surface area contributed by atoms with Crippen molar-refractivity contribution in [3.05, 3.63) is 0 Å². The molecule has 0 aromatic carbocycles. The molecule has 0 aliphatic heterocycles. The molecule has 1 N–H and O–H groups in total. The first-order chi connectivity index (χ1) is 4.52. The topological polar surface area (TPSA) is 29.1 Å². The van der Waals surface area contributed by atoms with E-state index in [1.54, 1.807) is 6.41 Å². The molecule has 1 atom stereocenters. The molecule has 1 radical (unpaired) electrons. The number of hydrogen-bond donors (Lipinski definition) is 1. The first kappa shape index (κ1) is 9.47. The summed E-state index contributed by atoms with van der Waals surface area (Å²) in [4.78, 5) is 9.98. The Morgan fingerprint density at radius 1 is 1.50 bits per heavy atom. The first-order valence-electron chi connectivity index (χ1n) is 3.65. The molecule has 0 rings (SSSR count). The van der Waals surface area contributed by atoms with Crippen LogP contribution in [0.25, 0.3) is 0 Å². The van der Waals surface area contributed by atoms with E-state index in [0.29, 0.717) is 0 Å². The largest absolute Gasteiger partial charge is 0.345 e. The molecule has 1 unspecified atom stereocenters. The van der Waals surface area contributed by atoms with E-state index in [1.807, 2.05) is 0 Å². The maximum Gasteiger partial charge on any atom is 0.309 e. The van der Waals surface area contributed by atoms with E-state index in [1.165, 1.54) is 0 Å². The Labute approximate surface area is 63.0 Å². The molecule has 10 heavy (non-hydrogen) atoms. The van der Waals surface area contributed by atoms with Crippen LogP contribution in [0.5, 0.6) is 0 Å². The lowest BCUT2D eigenvalue weighted by Gasteiger charge is -2.28.